The summed E-state index contributed by atoms with van der Waals surface area (Å²) in [7, 11) is -5.09. The molecule has 0 saturated carbocycles. The van der Waals surface area contributed by atoms with Gasteiger partial charge in [-0.15, -0.1) is 0 Å². The Hall–Kier alpha value is -1.13. The van der Waals surface area contributed by atoms with Gasteiger partial charge in [-0.25, -0.2) is 8.42 Å². The van der Waals surface area contributed by atoms with E-state index in [1.54, 1.807) is 0 Å². The smallest absolute Gasteiger partial charge is 0.417 e. The lowest BCUT2D eigenvalue weighted by molar-refractivity contribution is -0.328. The molecule has 0 atom stereocenters. The summed E-state index contributed by atoms with van der Waals surface area (Å²) < 4.78 is 69.2. The quantitative estimate of drug-likeness (QED) is 0.462. The number of halogens is 4. The van der Waals surface area contributed by atoms with Crippen LogP contribution in [0.25, 0.3) is 0 Å². The Morgan fingerprint density at radius 2 is 1.50 bits per heavy atom. The summed E-state index contributed by atoms with van der Waals surface area (Å²) in [5.41, 5.74) is -0.104. The van der Waals surface area contributed by atoms with Gasteiger partial charge in [0.25, 0.3) is 22.6 Å². The number of hydrogen-bond donors (Lipinski definition) is 0. The predicted molar refractivity (Wildman–Crippen MR) is 70.7 cm³/mol. The standard InChI is InChI=1S/C7H5F3O3S.C7H8I/c8-7(9,10)5-3-1-2-4-6(5)14(11,12)13;1-6-2-4-7(8)5-3-6/h1-4H,(H,11,12,13);2-5,8H,1H3/q;+1/p-1. The monoisotopic (exact) mass is 444 g/mol. The maximum absolute atomic E-state index is 12.2. The van der Waals surface area contributed by atoms with E-state index in [0.717, 1.165) is 12.1 Å². The molecule has 0 aliphatic carbocycles. The maximum atomic E-state index is 12.2. The summed E-state index contributed by atoms with van der Waals surface area (Å²) in [6.07, 6.45) is -4.84. The highest BCUT2D eigenvalue weighted by Crippen LogP contribution is 2.33. The second-order valence-corrected chi connectivity index (χ2v) is 6.95. The van der Waals surface area contributed by atoms with E-state index in [1.165, 1.54) is 9.13 Å². The Morgan fingerprint density at radius 3 is 1.86 bits per heavy atom. The normalized spacial score (nSPS) is 11.5. The van der Waals surface area contributed by atoms with Crippen LogP contribution in [-0.4, -0.2) is 13.0 Å². The van der Waals surface area contributed by atoms with Crippen molar-refractivity contribution in [2.24, 2.45) is 0 Å². The molecule has 3 nitrogen and oxygen atoms in total. The molecular weight excluding hydrogens is 432 g/mol. The lowest BCUT2D eigenvalue weighted by Gasteiger charge is -2.14. The topological polar surface area (TPSA) is 57.2 Å². The van der Waals surface area contributed by atoms with Crippen LogP contribution in [0.3, 0.4) is 0 Å². The number of alkyl halides is 3. The van der Waals surface area contributed by atoms with Gasteiger partial charge in [-0.2, -0.15) is 13.2 Å². The molecule has 0 saturated heterocycles. The first kappa shape index (κ1) is 18.9. The van der Waals surface area contributed by atoms with Crippen molar-refractivity contribution in [3.63, 3.8) is 0 Å². The van der Waals surface area contributed by atoms with E-state index in [2.05, 4.69) is 31.2 Å². The van der Waals surface area contributed by atoms with Gasteiger partial charge in [-0.05, 0) is 31.2 Å². The Morgan fingerprint density at radius 1 is 1.00 bits per heavy atom. The third-order valence-electron chi connectivity index (χ3n) is 2.48. The molecule has 0 spiro atoms. The van der Waals surface area contributed by atoms with Crippen LogP contribution in [0, 0.1) is 10.5 Å². The van der Waals surface area contributed by atoms with E-state index < -0.39 is 26.8 Å². The van der Waals surface area contributed by atoms with Gasteiger partial charge in [0.05, 0.1) is 10.5 Å². The Labute approximate surface area is 140 Å². The van der Waals surface area contributed by atoms with Gasteiger partial charge >= 0.3 is 6.18 Å². The maximum Gasteiger partial charge on any atom is 0.417 e. The van der Waals surface area contributed by atoms with E-state index >= 15 is 0 Å². The second kappa shape index (κ2) is 7.42. The molecule has 8 heteroatoms. The highest BCUT2D eigenvalue weighted by atomic mass is 127. The van der Waals surface area contributed by atoms with Crippen molar-refractivity contribution in [3.8, 4) is 0 Å². The van der Waals surface area contributed by atoms with E-state index in [-0.39, 0.29) is 0 Å². The van der Waals surface area contributed by atoms with Crippen LogP contribution in [0.1, 0.15) is 11.1 Å². The van der Waals surface area contributed by atoms with Gasteiger partial charge in [0.15, 0.2) is 3.57 Å². The predicted octanol–water partition coefficient (Wildman–Crippen LogP) is 0.0597. The minimum Gasteiger partial charge on any atom is -0.744 e. The Balaban J connectivity index is 0.000000255. The van der Waals surface area contributed by atoms with Crippen LogP contribution in [-0.2, 0) is 16.3 Å². The zero-order valence-electron chi connectivity index (χ0n) is 11.3. The highest BCUT2D eigenvalue weighted by Gasteiger charge is 2.34. The minimum atomic E-state index is -5.09. The van der Waals surface area contributed by atoms with E-state index in [0.29, 0.717) is 12.1 Å². The lowest BCUT2D eigenvalue weighted by atomic mass is 10.2. The summed E-state index contributed by atoms with van der Waals surface area (Å²) in [4.78, 5) is -1.24. The third kappa shape index (κ3) is 5.93. The van der Waals surface area contributed by atoms with E-state index in [4.69, 9.17) is 0 Å². The molecule has 2 aromatic rings. The van der Waals surface area contributed by atoms with Crippen LogP contribution in [0.15, 0.2) is 53.4 Å². The molecule has 0 heterocycles. The van der Waals surface area contributed by atoms with Gasteiger partial charge in [0.2, 0.25) is 0 Å². The van der Waals surface area contributed by atoms with Gasteiger partial charge in [-0.3, -0.25) is 0 Å². The lowest BCUT2D eigenvalue weighted by Crippen LogP contribution is -3.34. The molecule has 120 valence electrons. The summed E-state index contributed by atoms with van der Waals surface area (Å²) in [5, 5.41) is 0. The molecule has 2 rings (SSSR count). The largest absolute Gasteiger partial charge is 0.744 e. The fraction of sp³-hybridized carbons (Fsp3) is 0.143. The van der Waals surface area contributed by atoms with Gasteiger partial charge < -0.3 is 4.55 Å². The number of hydrogen-bond acceptors (Lipinski definition) is 3. The van der Waals surface area contributed by atoms with Gasteiger partial charge in [0.1, 0.15) is 10.1 Å². The second-order valence-electron chi connectivity index (χ2n) is 4.26. The molecule has 22 heavy (non-hydrogen) atoms. The fourth-order valence-electron chi connectivity index (χ4n) is 1.46. The van der Waals surface area contributed by atoms with Crippen molar-refractivity contribution in [1.82, 2.24) is 0 Å². The zero-order valence-corrected chi connectivity index (χ0v) is 14.4. The summed E-state index contributed by atoms with van der Waals surface area (Å²) in [5.74, 6) is 0. The van der Waals surface area contributed by atoms with Crippen LogP contribution >= 0.6 is 0 Å². The molecular formula is C14H12F3IO3S. The Kier molecular flexibility index (Phi) is 6.38. The molecule has 0 unspecified atom stereocenters. The van der Waals surface area contributed by atoms with Crippen molar-refractivity contribution in [1.29, 1.82) is 0 Å². The number of rotatable bonds is 1. The average Bonchev–Trinajstić information content (AvgIpc) is 2.41. The van der Waals surface area contributed by atoms with Crippen molar-refractivity contribution in [2.75, 3.05) is 0 Å². The van der Waals surface area contributed by atoms with Crippen molar-refractivity contribution in [2.45, 2.75) is 18.0 Å². The molecule has 0 radical (unpaired) electrons. The molecule has 0 amide bonds. The average molecular weight is 444 g/mol. The minimum absolute atomic E-state index is 0.546. The molecule has 0 bridgehead atoms. The van der Waals surface area contributed by atoms with Crippen LogP contribution < -0.4 is 22.6 Å². The van der Waals surface area contributed by atoms with Crippen molar-refractivity contribution in [3.05, 3.63) is 63.2 Å². The first-order valence-corrected chi connectivity index (χ1v) is 8.45. The number of benzene rings is 2. The molecule has 0 aliphatic rings. The summed E-state index contributed by atoms with van der Waals surface area (Å²) >= 11 is 2.03. The molecule has 0 fully saturated rings. The highest BCUT2D eigenvalue weighted by molar-refractivity contribution is 7.85. The SMILES string of the molecule is Cc1ccc([IH+])cc1.O=S(=O)([O-])c1ccccc1C(F)(F)F. The first-order chi connectivity index (χ1) is 10.0. The fourth-order valence-corrected chi connectivity index (χ4v) is 2.54. The van der Waals surface area contributed by atoms with E-state index in [9.17, 15) is 26.1 Å². The van der Waals surface area contributed by atoms with E-state index in [1.807, 2.05) is 22.6 Å². The van der Waals surface area contributed by atoms with Crippen molar-refractivity contribution < 1.29 is 48.7 Å². The van der Waals surface area contributed by atoms with Crippen LogP contribution in [0.4, 0.5) is 13.2 Å². The molecule has 0 aliphatic heterocycles. The van der Waals surface area contributed by atoms with Gasteiger partial charge in [0, 0.05) is 0 Å². The molecule has 0 N–H and O–H groups in total. The Bertz CT molecular complexity index is 705. The van der Waals surface area contributed by atoms with Crippen molar-refractivity contribution >= 4 is 10.1 Å². The summed E-state index contributed by atoms with van der Waals surface area (Å²) in [6, 6.07) is 11.7. The first-order valence-electron chi connectivity index (χ1n) is 5.87. The van der Waals surface area contributed by atoms with Crippen LogP contribution in [0.2, 0.25) is 0 Å². The number of aryl methyl sites for hydroxylation is 1. The zero-order chi connectivity index (χ0) is 17.0. The van der Waals surface area contributed by atoms with Gasteiger partial charge in [-0.1, -0.05) is 29.8 Å². The summed E-state index contributed by atoms with van der Waals surface area (Å²) in [6.45, 7) is 2.10. The van der Waals surface area contributed by atoms with Crippen LogP contribution in [0.5, 0.6) is 0 Å². The third-order valence-corrected chi connectivity index (χ3v) is 4.15. The molecule has 0 aromatic heterocycles. The molecule has 2 aromatic carbocycles.